The highest BCUT2D eigenvalue weighted by molar-refractivity contribution is 7.18. The molecule has 0 aliphatic carbocycles. The molecule has 0 N–H and O–H groups in total. The summed E-state index contributed by atoms with van der Waals surface area (Å²) in [6, 6.07) is 3.96. The number of pyridine rings is 1. The predicted octanol–water partition coefficient (Wildman–Crippen LogP) is 4.02. The van der Waals surface area contributed by atoms with Crippen LogP contribution < -0.4 is 0 Å². The molecule has 0 amide bonds. The first kappa shape index (κ1) is 11.6. The van der Waals surface area contributed by atoms with E-state index in [1.807, 2.05) is 26.0 Å². The van der Waals surface area contributed by atoms with Crippen LogP contribution in [0.3, 0.4) is 0 Å². The molecule has 18 heavy (non-hydrogen) atoms. The van der Waals surface area contributed by atoms with Gasteiger partial charge >= 0.3 is 0 Å². The fraction of sp³-hybridized carbons (Fsp3) is 0.154. The topological polar surface area (TPSA) is 38.7 Å². The number of aromatic nitrogens is 3. The van der Waals surface area contributed by atoms with Crippen LogP contribution in [-0.4, -0.2) is 15.0 Å². The van der Waals surface area contributed by atoms with E-state index in [4.69, 9.17) is 11.6 Å². The summed E-state index contributed by atoms with van der Waals surface area (Å²) in [5.74, 6) is 0.639. The van der Waals surface area contributed by atoms with Gasteiger partial charge in [0, 0.05) is 28.2 Å². The molecule has 0 spiro atoms. The number of fused-ring (bicyclic) bond motifs is 1. The minimum Gasteiger partial charge on any atom is -0.264 e. The van der Waals surface area contributed by atoms with Crippen molar-refractivity contribution in [2.75, 3.05) is 0 Å². The maximum atomic E-state index is 6.21. The Morgan fingerprint density at radius 1 is 1.22 bits per heavy atom. The third kappa shape index (κ3) is 1.87. The summed E-state index contributed by atoms with van der Waals surface area (Å²) in [7, 11) is 0. The van der Waals surface area contributed by atoms with Crippen LogP contribution in [-0.2, 0) is 0 Å². The summed E-state index contributed by atoms with van der Waals surface area (Å²) < 4.78 is 0. The second-order valence-electron chi connectivity index (χ2n) is 4.10. The van der Waals surface area contributed by atoms with Crippen LogP contribution >= 0.6 is 22.9 Å². The van der Waals surface area contributed by atoms with Gasteiger partial charge in [-0.25, -0.2) is 9.97 Å². The first-order valence-corrected chi connectivity index (χ1v) is 6.69. The summed E-state index contributed by atoms with van der Waals surface area (Å²) in [5.41, 5.74) is 2.01. The summed E-state index contributed by atoms with van der Waals surface area (Å²) in [4.78, 5) is 15.2. The molecule has 3 nitrogen and oxygen atoms in total. The Labute approximate surface area is 114 Å². The number of hydrogen-bond acceptors (Lipinski definition) is 4. The standard InChI is InChI=1S/C13H10ClN3S/c1-7-3-4-15-6-10(7)12-16-11(14)9-5-8(2)18-13(9)17-12/h3-6H,1-2H3. The van der Waals surface area contributed by atoms with E-state index in [1.165, 1.54) is 4.88 Å². The zero-order chi connectivity index (χ0) is 12.7. The van der Waals surface area contributed by atoms with Gasteiger partial charge < -0.3 is 0 Å². The quantitative estimate of drug-likeness (QED) is 0.630. The third-order valence-corrected chi connectivity index (χ3v) is 3.98. The molecule has 3 aromatic heterocycles. The number of rotatable bonds is 1. The smallest absolute Gasteiger partial charge is 0.164 e. The second-order valence-corrected chi connectivity index (χ2v) is 5.70. The van der Waals surface area contributed by atoms with E-state index in [2.05, 4.69) is 15.0 Å². The summed E-state index contributed by atoms with van der Waals surface area (Å²) >= 11 is 7.84. The number of aryl methyl sites for hydroxylation is 2. The van der Waals surface area contributed by atoms with Gasteiger partial charge in [0.05, 0.1) is 0 Å². The van der Waals surface area contributed by atoms with Crippen molar-refractivity contribution in [2.45, 2.75) is 13.8 Å². The van der Waals surface area contributed by atoms with Crippen LogP contribution in [0.4, 0.5) is 0 Å². The van der Waals surface area contributed by atoms with E-state index in [9.17, 15) is 0 Å². The minimum absolute atomic E-state index is 0.502. The van der Waals surface area contributed by atoms with Gasteiger partial charge in [-0.15, -0.1) is 11.3 Å². The molecule has 0 bridgehead atoms. The highest BCUT2D eigenvalue weighted by Crippen LogP contribution is 2.31. The van der Waals surface area contributed by atoms with E-state index in [-0.39, 0.29) is 0 Å². The SMILES string of the molecule is Cc1cc2c(Cl)nc(-c3cnccc3C)nc2s1. The molecule has 0 unspecified atom stereocenters. The number of thiophene rings is 1. The summed E-state index contributed by atoms with van der Waals surface area (Å²) in [6.07, 6.45) is 3.53. The van der Waals surface area contributed by atoms with Crippen molar-refractivity contribution < 1.29 is 0 Å². The van der Waals surface area contributed by atoms with E-state index in [1.54, 1.807) is 23.7 Å². The lowest BCUT2D eigenvalue weighted by Gasteiger charge is -2.04. The Balaban J connectivity index is 2.28. The molecule has 3 aromatic rings. The average Bonchev–Trinajstić information content (AvgIpc) is 2.71. The summed E-state index contributed by atoms with van der Waals surface area (Å²) in [5, 5.41) is 1.42. The molecule has 5 heteroatoms. The van der Waals surface area contributed by atoms with Crippen LogP contribution in [0.2, 0.25) is 5.15 Å². The van der Waals surface area contributed by atoms with Gasteiger partial charge in [0.25, 0.3) is 0 Å². The van der Waals surface area contributed by atoms with Crippen molar-refractivity contribution in [3.8, 4) is 11.4 Å². The first-order chi connectivity index (χ1) is 8.65. The molecule has 0 atom stereocenters. The van der Waals surface area contributed by atoms with E-state index >= 15 is 0 Å². The lowest BCUT2D eigenvalue weighted by Crippen LogP contribution is -1.92. The minimum atomic E-state index is 0.502. The Kier molecular flexibility index (Phi) is 2.76. The first-order valence-electron chi connectivity index (χ1n) is 5.50. The van der Waals surface area contributed by atoms with Crippen molar-refractivity contribution >= 4 is 33.2 Å². The predicted molar refractivity (Wildman–Crippen MR) is 75.1 cm³/mol. The Bertz CT molecular complexity index is 736. The molecule has 0 fully saturated rings. The van der Waals surface area contributed by atoms with E-state index in [0.29, 0.717) is 11.0 Å². The zero-order valence-corrected chi connectivity index (χ0v) is 11.5. The van der Waals surface area contributed by atoms with Crippen LogP contribution in [0.1, 0.15) is 10.4 Å². The summed E-state index contributed by atoms with van der Waals surface area (Å²) in [6.45, 7) is 4.05. The van der Waals surface area contributed by atoms with Gasteiger partial charge in [-0.1, -0.05) is 11.6 Å². The van der Waals surface area contributed by atoms with Crippen molar-refractivity contribution in [2.24, 2.45) is 0 Å². The van der Waals surface area contributed by atoms with Gasteiger partial charge in [0.15, 0.2) is 5.82 Å². The van der Waals surface area contributed by atoms with E-state index in [0.717, 1.165) is 21.3 Å². The normalized spacial score (nSPS) is 11.1. The maximum Gasteiger partial charge on any atom is 0.164 e. The molecule has 0 aliphatic heterocycles. The molecule has 3 heterocycles. The van der Waals surface area contributed by atoms with Crippen LogP contribution in [0.15, 0.2) is 24.5 Å². The Hall–Kier alpha value is -1.52. The van der Waals surface area contributed by atoms with Gasteiger partial charge in [0.2, 0.25) is 0 Å². The van der Waals surface area contributed by atoms with Crippen LogP contribution in [0.5, 0.6) is 0 Å². The largest absolute Gasteiger partial charge is 0.264 e. The maximum absolute atomic E-state index is 6.21. The van der Waals surface area contributed by atoms with Crippen molar-refractivity contribution in [3.63, 3.8) is 0 Å². The highest BCUT2D eigenvalue weighted by Gasteiger charge is 2.11. The second kappa shape index (κ2) is 4.30. The highest BCUT2D eigenvalue weighted by atomic mass is 35.5. The lowest BCUT2D eigenvalue weighted by molar-refractivity contribution is 1.19. The Morgan fingerprint density at radius 2 is 2.06 bits per heavy atom. The Morgan fingerprint density at radius 3 is 2.83 bits per heavy atom. The van der Waals surface area contributed by atoms with Gasteiger partial charge in [-0.05, 0) is 31.5 Å². The molecule has 0 aromatic carbocycles. The molecule has 0 saturated heterocycles. The number of halogens is 1. The van der Waals surface area contributed by atoms with Crippen molar-refractivity contribution in [3.05, 3.63) is 40.1 Å². The van der Waals surface area contributed by atoms with E-state index < -0.39 is 0 Å². The molecule has 0 saturated carbocycles. The number of nitrogens with zero attached hydrogens (tertiary/aromatic N) is 3. The average molecular weight is 276 g/mol. The fourth-order valence-corrected chi connectivity index (χ4v) is 2.99. The van der Waals surface area contributed by atoms with Crippen molar-refractivity contribution in [1.29, 1.82) is 0 Å². The monoisotopic (exact) mass is 275 g/mol. The van der Waals surface area contributed by atoms with Gasteiger partial charge in [-0.2, -0.15) is 0 Å². The number of hydrogen-bond donors (Lipinski definition) is 0. The lowest BCUT2D eigenvalue weighted by atomic mass is 10.1. The molecule has 0 radical (unpaired) electrons. The molecular weight excluding hydrogens is 266 g/mol. The zero-order valence-electron chi connectivity index (χ0n) is 9.94. The van der Waals surface area contributed by atoms with Gasteiger partial charge in [-0.3, -0.25) is 4.98 Å². The molecule has 0 aliphatic rings. The van der Waals surface area contributed by atoms with Crippen LogP contribution in [0.25, 0.3) is 21.6 Å². The third-order valence-electron chi connectivity index (χ3n) is 2.75. The van der Waals surface area contributed by atoms with Gasteiger partial charge in [0.1, 0.15) is 9.98 Å². The molecule has 90 valence electrons. The fourth-order valence-electron chi connectivity index (χ4n) is 1.83. The van der Waals surface area contributed by atoms with Crippen LogP contribution in [0, 0.1) is 13.8 Å². The molecular formula is C13H10ClN3S. The molecule has 3 rings (SSSR count). The van der Waals surface area contributed by atoms with Crippen molar-refractivity contribution in [1.82, 2.24) is 15.0 Å².